The van der Waals surface area contributed by atoms with Crippen LogP contribution in [0.3, 0.4) is 0 Å². The zero-order valence-electron chi connectivity index (χ0n) is 16.6. The van der Waals surface area contributed by atoms with Gasteiger partial charge in [-0.2, -0.15) is 0 Å². The molecule has 0 saturated carbocycles. The van der Waals surface area contributed by atoms with Crippen molar-refractivity contribution in [3.63, 3.8) is 0 Å². The van der Waals surface area contributed by atoms with E-state index in [0.717, 1.165) is 72.9 Å². The van der Waals surface area contributed by atoms with Crippen molar-refractivity contribution in [2.75, 3.05) is 0 Å². The van der Waals surface area contributed by atoms with Crippen LogP contribution in [-0.4, -0.2) is 15.6 Å². The second kappa shape index (κ2) is 8.11. The van der Waals surface area contributed by atoms with E-state index >= 15 is 0 Å². The molecule has 1 N–H and O–H groups in total. The molecule has 0 spiro atoms. The molecule has 0 aromatic heterocycles. The number of nitro groups is 1. The van der Waals surface area contributed by atoms with E-state index in [9.17, 15) is 15.2 Å². The summed E-state index contributed by atoms with van der Waals surface area (Å²) in [5.74, 6) is 1.35. The molecular weight excluding hydrogens is 330 g/mol. The molecule has 1 aromatic carbocycles. The number of benzene rings is 1. The Kier molecular flexibility index (Phi) is 6.32. The average Bonchev–Trinajstić information content (AvgIpc) is 2.60. The molecule has 1 aromatic rings. The van der Waals surface area contributed by atoms with Gasteiger partial charge in [0.05, 0.1) is 4.92 Å². The Morgan fingerprint density at radius 3 is 2.58 bits per heavy atom. The molecule has 0 radical (unpaired) electrons. The minimum Gasteiger partial charge on any atom is -0.507 e. The lowest BCUT2D eigenvalue weighted by molar-refractivity contribution is -0.424. The highest BCUT2D eigenvalue weighted by Crippen LogP contribution is 2.44. The number of aromatic hydroxyl groups is 1. The van der Waals surface area contributed by atoms with Gasteiger partial charge in [0.15, 0.2) is 0 Å². The number of allylic oxidation sites excluding steroid dienone is 2. The number of nitrogens with zero attached hydrogens (tertiary/aromatic N) is 1. The molecule has 0 fully saturated rings. The normalized spacial score (nSPS) is 19.8. The highest BCUT2D eigenvalue weighted by atomic mass is 16.6. The maximum Gasteiger partial charge on any atom is 0.239 e. The Morgan fingerprint density at radius 1 is 1.23 bits per heavy atom. The third kappa shape index (κ3) is 4.37. The Labute approximate surface area is 156 Å². The topological polar surface area (TPSA) is 72.6 Å². The number of hydrogen-bond acceptors (Lipinski definition) is 4. The van der Waals surface area contributed by atoms with E-state index in [0.29, 0.717) is 5.75 Å². The number of hydrogen-bond donors (Lipinski definition) is 1. The summed E-state index contributed by atoms with van der Waals surface area (Å²) in [6, 6.07) is 0. The highest BCUT2D eigenvalue weighted by molar-refractivity contribution is 5.58. The Morgan fingerprint density at radius 2 is 1.92 bits per heavy atom. The first kappa shape index (κ1) is 20.3. The number of rotatable bonds is 7. The van der Waals surface area contributed by atoms with Gasteiger partial charge < -0.3 is 9.84 Å². The summed E-state index contributed by atoms with van der Waals surface area (Å²) in [7, 11) is 0. The highest BCUT2D eigenvalue weighted by Gasteiger charge is 2.34. The third-order valence-corrected chi connectivity index (χ3v) is 5.73. The van der Waals surface area contributed by atoms with Gasteiger partial charge in [0.1, 0.15) is 17.1 Å². The van der Waals surface area contributed by atoms with Gasteiger partial charge in [-0.05, 0) is 89.0 Å². The molecule has 0 amide bonds. The van der Waals surface area contributed by atoms with Crippen LogP contribution in [0.1, 0.15) is 74.6 Å². The van der Waals surface area contributed by atoms with Crippen LogP contribution < -0.4 is 4.74 Å². The number of ether oxygens (including phenoxy) is 1. The predicted octanol–water partition coefficient (Wildman–Crippen LogP) is 5.53. The summed E-state index contributed by atoms with van der Waals surface area (Å²) < 4.78 is 6.43. The van der Waals surface area contributed by atoms with Crippen molar-refractivity contribution in [1.29, 1.82) is 0 Å². The smallest absolute Gasteiger partial charge is 0.239 e. The van der Waals surface area contributed by atoms with Gasteiger partial charge >= 0.3 is 0 Å². The predicted molar refractivity (Wildman–Crippen MR) is 104 cm³/mol. The van der Waals surface area contributed by atoms with Crippen molar-refractivity contribution < 1.29 is 14.8 Å². The molecule has 26 heavy (non-hydrogen) atoms. The van der Waals surface area contributed by atoms with Crippen LogP contribution in [0.4, 0.5) is 0 Å². The van der Waals surface area contributed by atoms with Gasteiger partial charge in [0, 0.05) is 12.5 Å². The second-order valence-corrected chi connectivity index (χ2v) is 7.79. The molecule has 1 aliphatic heterocycles. The average molecular weight is 361 g/mol. The van der Waals surface area contributed by atoms with Gasteiger partial charge in [-0.1, -0.05) is 6.42 Å². The van der Waals surface area contributed by atoms with Gasteiger partial charge in [0.25, 0.3) is 0 Å². The maximum atomic E-state index is 10.6. The van der Waals surface area contributed by atoms with Crippen molar-refractivity contribution in [1.82, 2.24) is 0 Å². The van der Waals surface area contributed by atoms with Crippen LogP contribution in [0.2, 0.25) is 0 Å². The maximum absolute atomic E-state index is 10.6. The first-order chi connectivity index (χ1) is 12.2. The number of unbranched alkanes of at least 4 members (excludes halogenated alkanes) is 3. The van der Waals surface area contributed by atoms with Crippen LogP contribution in [-0.2, 0) is 6.42 Å². The van der Waals surface area contributed by atoms with Crippen LogP contribution in [0.5, 0.6) is 11.5 Å². The molecule has 1 unspecified atom stereocenters. The summed E-state index contributed by atoms with van der Waals surface area (Å²) in [4.78, 5) is 10.2. The molecule has 0 aliphatic carbocycles. The van der Waals surface area contributed by atoms with Crippen molar-refractivity contribution in [3.8, 4) is 11.5 Å². The molecule has 144 valence electrons. The van der Waals surface area contributed by atoms with Crippen LogP contribution >= 0.6 is 0 Å². The first-order valence-electron chi connectivity index (χ1n) is 9.48. The quantitative estimate of drug-likeness (QED) is 0.393. The van der Waals surface area contributed by atoms with Crippen molar-refractivity contribution >= 4 is 0 Å². The Balaban J connectivity index is 1.93. The largest absolute Gasteiger partial charge is 0.507 e. The van der Waals surface area contributed by atoms with Gasteiger partial charge in [-0.25, -0.2) is 0 Å². The minimum absolute atomic E-state index is 0.180. The standard InChI is InChI=1S/C21H31NO4/c1-14(22(24)25)10-8-6-7-9-12-21(5)13-11-18-17(4)19(23)15(2)16(3)20(18)26-21/h10,23H,6-9,11-13H2,1-5H3. The molecule has 1 atom stereocenters. The molecule has 5 heteroatoms. The molecule has 1 heterocycles. The summed E-state index contributed by atoms with van der Waals surface area (Å²) in [5, 5.41) is 20.8. The van der Waals surface area contributed by atoms with Crippen LogP contribution in [0, 0.1) is 30.9 Å². The van der Waals surface area contributed by atoms with E-state index in [1.54, 1.807) is 13.0 Å². The molecule has 1 aliphatic rings. The van der Waals surface area contributed by atoms with E-state index < -0.39 is 0 Å². The lowest BCUT2D eigenvalue weighted by Crippen LogP contribution is -2.37. The summed E-state index contributed by atoms with van der Waals surface area (Å²) in [5.41, 5.74) is 4.07. The number of phenols is 1. The van der Waals surface area contributed by atoms with E-state index in [1.807, 2.05) is 20.8 Å². The fourth-order valence-corrected chi connectivity index (χ4v) is 3.68. The third-order valence-electron chi connectivity index (χ3n) is 5.73. The van der Waals surface area contributed by atoms with Crippen LogP contribution in [0.15, 0.2) is 11.8 Å². The lowest BCUT2D eigenvalue weighted by atomic mass is 9.84. The monoisotopic (exact) mass is 361 g/mol. The summed E-state index contributed by atoms with van der Waals surface area (Å²) in [6.45, 7) is 9.63. The first-order valence-corrected chi connectivity index (χ1v) is 9.48. The van der Waals surface area contributed by atoms with Crippen molar-refractivity contribution in [2.45, 2.75) is 85.2 Å². The van der Waals surface area contributed by atoms with Gasteiger partial charge in [-0.15, -0.1) is 0 Å². The zero-order chi connectivity index (χ0) is 19.5. The Bertz CT molecular complexity index is 723. The number of phenolic OH excluding ortho intramolecular Hbond substituents is 1. The fraction of sp³-hybridized carbons (Fsp3) is 0.619. The van der Waals surface area contributed by atoms with E-state index in [4.69, 9.17) is 4.74 Å². The van der Waals surface area contributed by atoms with E-state index in [2.05, 4.69) is 6.92 Å². The van der Waals surface area contributed by atoms with Gasteiger partial charge in [0.2, 0.25) is 5.70 Å². The molecule has 0 saturated heterocycles. The van der Waals surface area contributed by atoms with Crippen molar-refractivity contribution in [3.05, 3.63) is 44.1 Å². The summed E-state index contributed by atoms with van der Waals surface area (Å²) in [6.07, 6.45) is 8.36. The molecule has 2 rings (SSSR count). The minimum atomic E-state index is -0.335. The van der Waals surface area contributed by atoms with Gasteiger partial charge in [-0.3, -0.25) is 10.1 Å². The van der Waals surface area contributed by atoms with E-state index in [1.165, 1.54) is 0 Å². The lowest BCUT2D eigenvalue weighted by Gasteiger charge is -2.38. The van der Waals surface area contributed by atoms with E-state index in [-0.39, 0.29) is 16.2 Å². The fourth-order valence-electron chi connectivity index (χ4n) is 3.68. The molecule has 5 nitrogen and oxygen atoms in total. The second-order valence-electron chi connectivity index (χ2n) is 7.79. The summed E-state index contributed by atoms with van der Waals surface area (Å²) >= 11 is 0. The van der Waals surface area contributed by atoms with Crippen molar-refractivity contribution in [2.24, 2.45) is 0 Å². The SMILES string of the molecule is CC(=CCCCCCC1(C)CCc2c(C)c(O)c(C)c(C)c2O1)[N+](=O)[O-]. The molecule has 0 bridgehead atoms. The Hall–Kier alpha value is -2.04. The van der Waals surface area contributed by atoms with Crippen LogP contribution in [0.25, 0.3) is 0 Å². The zero-order valence-corrected chi connectivity index (χ0v) is 16.6. The molecular formula is C21H31NO4. The number of fused-ring (bicyclic) bond motifs is 1.